The van der Waals surface area contributed by atoms with E-state index in [9.17, 15) is 0 Å². The van der Waals surface area contributed by atoms with Crippen molar-refractivity contribution >= 4 is 11.8 Å². The lowest BCUT2D eigenvalue weighted by Gasteiger charge is -2.10. The first-order chi connectivity index (χ1) is 8.04. The predicted molar refractivity (Wildman–Crippen MR) is 69.1 cm³/mol. The van der Waals surface area contributed by atoms with Crippen molar-refractivity contribution in [3.05, 3.63) is 11.7 Å². The first kappa shape index (κ1) is 14.5. The molecule has 98 valence electrons. The molecule has 0 aliphatic heterocycles. The average Bonchev–Trinajstić information content (AvgIpc) is 2.75. The summed E-state index contributed by atoms with van der Waals surface area (Å²) >= 11 is 1.75. The number of nitrogens with two attached hydrogens (primary N) is 1. The van der Waals surface area contributed by atoms with Gasteiger partial charge in [0.25, 0.3) is 0 Å². The molecule has 0 saturated carbocycles. The maximum atomic E-state index is 5.92. The Labute approximate surface area is 106 Å². The average molecular weight is 259 g/mol. The summed E-state index contributed by atoms with van der Waals surface area (Å²) in [5.74, 6) is 2.38. The molecule has 0 amide bonds. The number of hydrogen-bond acceptors (Lipinski definition) is 6. The zero-order chi connectivity index (χ0) is 12.8. The van der Waals surface area contributed by atoms with Crippen molar-refractivity contribution in [1.29, 1.82) is 0 Å². The van der Waals surface area contributed by atoms with Crippen molar-refractivity contribution in [2.75, 3.05) is 18.6 Å². The van der Waals surface area contributed by atoms with Crippen LogP contribution in [0.25, 0.3) is 0 Å². The smallest absolute Gasteiger partial charge is 0.230 e. The van der Waals surface area contributed by atoms with Gasteiger partial charge < -0.3 is 15.0 Å². The molecule has 1 rings (SSSR count). The lowest BCUT2D eigenvalue weighted by Crippen LogP contribution is -2.20. The van der Waals surface area contributed by atoms with Crippen LogP contribution >= 0.6 is 11.8 Å². The van der Waals surface area contributed by atoms with Crippen LogP contribution in [0, 0.1) is 0 Å². The van der Waals surface area contributed by atoms with Crippen LogP contribution < -0.4 is 5.73 Å². The first-order valence-electron chi connectivity index (χ1n) is 5.74. The Balaban J connectivity index is 2.54. The zero-order valence-corrected chi connectivity index (χ0v) is 11.7. The minimum Gasteiger partial charge on any atom is -0.377 e. The van der Waals surface area contributed by atoms with E-state index in [4.69, 9.17) is 15.0 Å². The summed E-state index contributed by atoms with van der Waals surface area (Å²) in [5, 5.41) is 3.90. The number of ether oxygens (including phenoxy) is 1. The summed E-state index contributed by atoms with van der Waals surface area (Å²) in [4.78, 5) is 4.31. The van der Waals surface area contributed by atoms with E-state index in [2.05, 4.69) is 23.3 Å². The van der Waals surface area contributed by atoms with Crippen molar-refractivity contribution in [2.45, 2.75) is 38.8 Å². The summed E-state index contributed by atoms with van der Waals surface area (Å²) in [6, 6.07) is -0.323. The fraction of sp³-hybridized carbons (Fsp3) is 0.818. The van der Waals surface area contributed by atoms with Crippen LogP contribution in [0.5, 0.6) is 0 Å². The van der Waals surface area contributed by atoms with Gasteiger partial charge in [-0.3, -0.25) is 0 Å². The van der Waals surface area contributed by atoms with E-state index in [-0.39, 0.29) is 18.1 Å². The van der Waals surface area contributed by atoms with Crippen molar-refractivity contribution in [3.63, 3.8) is 0 Å². The van der Waals surface area contributed by atoms with Gasteiger partial charge in [-0.15, -0.1) is 0 Å². The summed E-state index contributed by atoms with van der Waals surface area (Å²) in [6.45, 7) is 6.40. The van der Waals surface area contributed by atoms with Gasteiger partial charge in [0.05, 0.1) is 18.8 Å². The number of hydrogen-bond donors (Lipinski definition) is 1. The van der Waals surface area contributed by atoms with E-state index in [1.54, 1.807) is 11.8 Å². The highest BCUT2D eigenvalue weighted by molar-refractivity contribution is 7.98. The van der Waals surface area contributed by atoms with Gasteiger partial charge in [0, 0.05) is 11.7 Å². The Morgan fingerprint density at radius 1 is 1.41 bits per heavy atom. The minimum absolute atomic E-state index is 0.155. The number of aromatic nitrogens is 2. The molecule has 2 unspecified atom stereocenters. The van der Waals surface area contributed by atoms with E-state index in [0.717, 1.165) is 5.75 Å². The Kier molecular flexibility index (Phi) is 5.94. The fourth-order valence-corrected chi connectivity index (χ4v) is 1.93. The van der Waals surface area contributed by atoms with Gasteiger partial charge in [0.1, 0.15) is 0 Å². The quantitative estimate of drug-likeness (QED) is 0.807. The van der Waals surface area contributed by atoms with E-state index in [1.165, 1.54) is 0 Å². The molecular formula is C11H21N3O2S. The Hall–Kier alpha value is -0.590. The molecule has 0 spiro atoms. The topological polar surface area (TPSA) is 74.2 Å². The summed E-state index contributed by atoms with van der Waals surface area (Å²) in [6.07, 6.45) is 2.21. The number of nitrogens with zero attached hydrogens (tertiary/aromatic N) is 2. The molecule has 1 aromatic heterocycles. The molecule has 0 bridgehead atoms. The lowest BCUT2D eigenvalue weighted by atomic mass is 10.2. The minimum atomic E-state index is -0.323. The molecule has 5 nitrogen and oxygen atoms in total. The maximum absolute atomic E-state index is 5.92. The van der Waals surface area contributed by atoms with Gasteiger partial charge in [-0.05, 0) is 20.1 Å². The third-order valence-corrected chi connectivity index (χ3v) is 3.07. The van der Waals surface area contributed by atoms with Gasteiger partial charge >= 0.3 is 0 Å². The molecule has 1 aromatic rings. The van der Waals surface area contributed by atoms with Crippen LogP contribution in [0.15, 0.2) is 4.52 Å². The Bertz CT molecular complexity index is 330. The van der Waals surface area contributed by atoms with Crippen LogP contribution in [0.3, 0.4) is 0 Å². The van der Waals surface area contributed by atoms with Crippen LogP contribution in [-0.2, 0) is 4.74 Å². The van der Waals surface area contributed by atoms with Gasteiger partial charge in [0.2, 0.25) is 5.89 Å². The highest BCUT2D eigenvalue weighted by Crippen LogP contribution is 2.18. The molecule has 0 aromatic carbocycles. The molecular weight excluding hydrogens is 238 g/mol. The Morgan fingerprint density at radius 3 is 2.71 bits per heavy atom. The molecule has 0 aliphatic carbocycles. The molecule has 0 radical (unpaired) electrons. The number of rotatable bonds is 7. The van der Waals surface area contributed by atoms with Crippen molar-refractivity contribution in [3.8, 4) is 0 Å². The van der Waals surface area contributed by atoms with Crippen molar-refractivity contribution in [1.82, 2.24) is 10.1 Å². The molecule has 0 fully saturated rings. The second-order valence-electron chi connectivity index (χ2n) is 4.34. The van der Waals surface area contributed by atoms with Gasteiger partial charge in [-0.25, -0.2) is 0 Å². The van der Waals surface area contributed by atoms with Crippen LogP contribution in [0.1, 0.15) is 44.4 Å². The molecule has 0 aliphatic rings. The Morgan fingerprint density at radius 2 is 2.12 bits per heavy atom. The maximum Gasteiger partial charge on any atom is 0.230 e. The zero-order valence-electron chi connectivity index (χ0n) is 10.8. The van der Waals surface area contributed by atoms with E-state index in [0.29, 0.717) is 18.3 Å². The summed E-state index contributed by atoms with van der Waals surface area (Å²) < 4.78 is 10.6. The molecule has 1 heterocycles. The lowest BCUT2D eigenvalue weighted by molar-refractivity contribution is 0.0665. The predicted octanol–water partition coefficient (Wildman–Crippen LogP) is 1.96. The monoisotopic (exact) mass is 259 g/mol. The van der Waals surface area contributed by atoms with Crippen molar-refractivity contribution in [2.24, 2.45) is 5.73 Å². The second-order valence-corrected chi connectivity index (χ2v) is 5.25. The highest BCUT2D eigenvalue weighted by Gasteiger charge is 2.18. The third-order valence-electron chi connectivity index (χ3n) is 2.24. The van der Waals surface area contributed by atoms with Gasteiger partial charge in [-0.2, -0.15) is 16.7 Å². The SMILES string of the molecule is CSCC(C)c1nc(C(N)COC(C)C)no1. The normalized spacial score (nSPS) is 15.2. The number of thioether (sulfide) groups is 1. The van der Waals surface area contributed by atoms with E-state index in [1.807, 2.05) is 13.8 Å². The fourth-order valence-electron chi connectivity index (χ4n) is 1.29. The van der Waals surface area contributed by atoms with Crippen LogP contribution in [0.4, 0.5) is 0 Å². The molecule has 6 heteroatoms. The van der Waals surface area contributed by atoms with E-state index < -0.39 is 0 Å². The van der Waals surface area contributed by atoms with Gasteiger partial charge in [0.15, 0.2) is 5.82 Å². The van der Waals surface area contributed by atoms with Crippen LogP contribution in [0.2, 0.25) is 0 Å². The van der Waals surface area contributed by atoms with Crippen LogP contribution in [-0.4, -0.2) is 34.9 Å². The second kappa shape index (κ2) is 6.98. The first-order valence-corrected chi connectivity index (χ1v) is 7.13. The van der Waals surface area contributed by atoms with E-state index >= 15 is 0 Å². The largest absolute Gasteiger partial charge is 0.377 e. The standard InChI is InChI=1S/C11H21N3O2S/c1-7(2)15-5-9(12)10-13-11(16-14-10)8(3)6-17-4/h7-9H,5-6,12H2,1-4H3. The van der Waals surface area contributed by atoms with Gasteiger partial charge in [-0.1, -0.05) is 12.1 Å². The molecule has 17 heavy (non-hydrogen) atoms. The molecule has 2 atom stereocenters. The molecule has 2 N–H and O–H groups in total. The van der Waals surface area contributed by atoms with Crippen molar-refractivity contribution < 1.29 is 9.26 Å². The highest BCUT2D eigenvalue weighted by atomic mass is 32.2. The summed E-state index contributed by atoms with van der Waals surface area (Å²) in [7, 11) is 0. The molecule has 0 saturated heterocycles. The summed E-state index contributed by atoms with van der Waals surface area (Å²) in [5.41, 5.74) is 5.92. The third kappa shape index (κ3) is 4.65.